The van der Waals surface area contributed by atoms with Crippen molar-refractivity contribution in [3.8, 4) is 0 Å². The number of carboxylic acid groups (broad SMARTS) is 1. The quantitative estimate of drug-likeness (QED) is 0.732. The number of rotatable bonds is 4. The molecule has 0 saturated heterocycles. The van der Waals surface area contributed by atoms with E-state index in [-0.39, 0.29) is 28.0 Å². The van der Waals surface area contributed by atoms with Crippen LogP contribution in [0.1, 0.15) is 29.8 Å². The van der Waals surface area contributed by atoms with Crippen molar-refractivity contribution >= 4 is 23.5 Å². The fraction of sp³-hybridized carbons (Fsp3) is 0.214. The first-order chi connectivity index (χ1) is 9.65. The number of nitrogens with two attached hydrogens (primary N) is 1. The van der Waals surface area contributed by atoms with Gasteiger partial charge >= 0.3 is 5.97 Å². The third-order valence-corrected chi connectivity index (χ3v) is 3.10. The summed E-state index contributed by atoms with van der Waals surface area (Å²) < 4.78 is 13.7. The predicted molar refractivity (Wildman–Crippen MR) is 74.3 cm³/mol. The maximum Gasteiger partial charge on any atom is 0.331 e. The van der Waals surface area contributed by atoms with Crippen molar-refractivity contribution in [3.63, 3.8) is 0 Å². The molecule has 6 nitrogen and oxygen atoms in total. The summed E-state index contributed by atoms with van der Waals surface area (Å²) in [6.07, 6.45) is 0. The lowest BCUT2D eigenvalue weighted by atomic mass is 10.1. The number of aliphatic carboxylic acids is 1. The number of anilines is 1. The Morgan fingerprint density at radius 3 is 2.24 bits per heavy atom. The molecule has 1 rings (SSSR count). The molecule has 0 spiro atoms. The van der Waals surface area contributed by atoms with Gasteiger partial charge in [-0.3, -0.25) is 9.59 Å². The molecule has 1 aromatic rings. The van der Waals surface area contributed by atoms with E-state index in [1.54, 1.807) is 0 Å². The van der Waals surface area contributed by atoms with Crippen LogP contribution < -0.4 is 11.1 Å². The summed E-state index contributed by atoms with van der Waals surface area (Å²) >= 11 is 0. The van der Waals surface area contributed by atoms with E-state index in [4.69, 9.17) is 10.8 Å². The second-order valence-electron chi connectivity index (χ2n) is 4.50. The standard InChI is InChI=1S/C14H15FN2O4/c1-6(7(2)14(20)21)13(19)17-11-5-9(12(16)18)4-10(15)8(11)3/h4-5H,1-3H3,(H2,16,18)(H,17,19)(H,20,21). The Labute approximate surface area is 120 Å². The molecule has 0 aliphatic carbocycles. The Morgan fingerprint density at radius 1 is 1.19 bits per heavy atom. The molecule has 0 heterocycles. The molecule has 0 fully saturated rings. The van der Waals surface area contributed by atoms with E-state index in [2.05, 4.69) is 5.32 Å². The highest BCUT2D eigenvalue weighted by Crippen LogP contribution is 2.21. The van der Waals surface area contributed by atoms with Crippen LogP contribution in [0.15, 0.2) is 23.3 Å². The van der Waals surface area contributed by atoms with E-state index in [0.717, 1.165) is 6.07 Å². The second-order valence-corrected chi connectivity index (χ2v) is 4.50. The molecule has 0 aromatic heterocycles. The molecular weight excluding hydrogens is 279 g/mol. The highest BCUT2D eigenvalue weighted by Gasteiger charge is 2.16. The summed E-state index contributed by atoms with van der Waals surface area (Å²) in [7, 11) is 0. The minimum absolute atomic E-state index is 0.0215. The first-order valence-corrected chi connectivity index (χ1v) is 5.97. The topological polar surface area (TPSA) is 109 Å². The Morgan fingerprint density at radius 2 is 1.76 bits per heavy atom. The summed E-state index contributed by atoms with van der Waals surface area (Å²) in [4.78, 5) is 33.8. The number of carboxylic acids is 1. The number of primary amides is 1. The van der Waals surface area contributed by atoms with Crippen molar-refractivity contribution < 1.29 is 23.9 Å². The van der Waals surface area contributed by atoms with Crippen LogP contribution in [0.3, 0.4) is 0 Å². The van der Waals surface area contributed by atoms with E-state index in [1.807, 2.05) is 0 Å². The lowest BCUT2D eigenvalue weighted by molar-refractivity contribution is -0.133. The molecule has 0 aliphatic heterocycles. The third-order valence-electron chi connectivity index (χ3n) is 3.10. The summed E-state index contributed by atoms with van der Waals surface area (Å²) in [5.74, 6) is -3.45. The molecule has 0 atom stereocenters. The second kappa shape index (κ2) is 6.17. The van der Waals surface area contributed by atoms with E-state index in [1.165, 1.54) is 26.8 Å². The van der Waals surface area contributed by atoms with Crippen molar-refractivity contribution in [2.24, 2.45) is 5.73 Å². The number of hydrogen-bond acceptors (Lipinski definition) is 3. The molecule has 0 radical (unpaired) electrons. The van der Waals surface area contributed by atoms with Crippen molar-refractivity contribution in [2.75, 3.05) is 5.32 Å². The van der Waals surface area contributed by atoms with E-state index < -0.39 is 23.6 Å². The Bertz CT molecular complexity index is 665. The fourth-order valence-corrected chi connectivity index (χ4v) is 1.50. The van der Waals surface area contributed by atoms with E-state index in [9.17, 15) is 18.8 Å². The lowest BCUT2D eigenvalue weighted by Gasteiger charge is -2.11. The van der Waals surface area contributed by atoms with Crippen molar-refractivity contribution in [2.45, 2.75) is 20.8 Å². The van der Waals surface area contributed by atoms with E-state index >= 15 is 0 Å². The van der Waals surface area contributed by atoms with Gasteiger partial charge < -0.3 is 16.2 Å². The van der Waals surface area contributed by atoms with Crippen molar-refractivity contribution in [1.29, 1.82) is 0 Å². The van der Waals surface area contributed by atoms with Gasteiger partial charge in [0, 0.05) is 28.0 Å². The molecule has 0 aliphatic rings. The molecule has 0 bridgehead atoms. The molecule has 2 amide bonds. The Balaban J connectivity index is 3.20. The number of nitrogens with one attached hydrogen (secondary N) is 1. The largest absolute Gasteiger partial charge is 0.478 e. The average molecular weight is 294 g/mol. The minimum Gasteiger partial charge on any atom is -0.478 e. The van der Waals surface area contributed by atoms with Gasteiger partial charge in [0.15, 0.2) is 0 Å². The number of hydrogen-bond donors (Lipinski definition) is 3. The van der Waals surface area contributed by atoms with Gasteiger partial charge in [0.1, 0.15) is 5.82 Å². The van der Waals surface area contributed by atoms with Gasteiger partial charge in [-0.15, -0.1) is 0 Å². The first-order valence-electron chi connectivity index (χ1n) is 5.97. The van der Waals surface area contributed by atoms with Crippen LogP contribution in [0.25, 0.3) is 0 Å². The predicted octanol–water partition coefficient (Wildman–Crippen LogP) is 1.59. The van der Waals surface area contributed by atoms with Gasteiger partial charge in [-0.25, -0.2) is 9.18 Å². The SMILES string of the molecule is CC(C(=O)O)=C(C)C(=O)Nc1cc(C(N)=O)cc(F)c1C. The third kappa shape index (κ3) is 3.65. The van der Waals surface area contributed by atoms with Crippen LogP contribution in [-0.4, -0.2) is 22.9 Å². The molecule has 21 heavy (non-hydrogen) atoms. The molecule has 0 unspecified atom stereocenters. The summed E-state index contributed by atoms with van der Waals surface area (Å²) in [6, 6.07) is 2.21. The monoisotopic (exact) mass is 294 g/mol. The van der Waals surface area contributed by atoms with Crippen LogP contribution >= 0.6 is 0 Å². The van der Waals surface area contributed by atoms with Gasteiger partial charge in [-0.05, 0) is 32.9 Å². The minimum atomic E-state index is -1.23. The number of halogens is 1. The van der Waals surface area contributed by atoms with Crippen LogP contribution in [-0.2, 0) is 9.59 Å². The zero-order valence-electron chi connectivity index (χ0n) is 11.8. The lowest BCUT2D eigenvalue weighted by Crippen LogP contribution is -2.18. The Kier molecular flexibility index (Phi) is 4.80. The van der Waals surface area contributed by atoms with Crippen LogP contribution in [0.4, 0.5) is 10.1 Å². The number of amides is 2. The maximum atomic E-state index is 13.7. The number of benzene rings is 1. The van der Waals surface area contributed by atoms with Crippen molar-refractivity contribution in [1.82, 2.24) is 0 Å². The zero-order valence-corrected chi connectivity index (χ0v) is 11.8. The highest BCUT2D eigenvalue weighted by molar-refractivity contribution is 6.08. The summed E-state index contributed by atoms with van der Waals surface area (Å²) in [5.41, 5.74) is 5.01. The Hall–Kier alpha value is -2.70. The molecule has 0 saturated carbocycles. The molecule has 1 aromatic carbocycles. The fourth-order valence-electron chi connectivity index (χ4n) is 1.50. The van der Waals surface area contributed by atoms with Crippen LogP contribution in [0.5, 0.6) is 0 Å². The normalized spacial score (nSPS) is 11.6. The van der Waals surface area contributed by atoms with Gasteiger partial charge in [-0.2, -0.15) is 0 Å². The first kappa shape index (κ1) is 16.4. The highest BCUT2D eigenvalue weighted by atomic mass is 19.1. The van der Waals surface area contributed by atoms with Gasteiger partial charge in [-0.1, -0.05) is 0 Å². The van der Waals surface area contributed by atoms with E-state index in [0.29, 0.717) is 0 Å². The smallest absolute Gasteiger partial charge is 0.331 e. The van der Waals surface area contributed by atoms with Gasteiger partial charge in [0.25, 0.3) is 5.91 Å². The number of carbonyl (C=O) groups excluding carboxylic acids is 2. The maximum absolute atomic E-state index is 13.7. The molecular formula is C14H15FN2O4. The molecule has 4 N–H and O–H groups in total. The van der Waals surface area contributed by atoms with Gasteiger partial charge in [0.2, 0.25) is 5.91 Å². The van der Waals surface area contributed by atoms with Gasteiger partial charge in [0.05, 0.1) is 0 Å². The zero-order chi connectivity index (χ0) is 16.3. The summed E-state index contributed by atoms with van der Waals surface area (Å²) in [6.45, 7) is 4.03. The molecule has 112 valence electrons. The van der Waals surface area contributed by atoms with Crippen LogP contribution in [0, 0.1) is 12.7 Å². The van der Waals surface area contributed by atoms with Crippen molar-refractivity contribution in [3.05, 3.63) is 40.2 Å². The summed E-state index contributed by atoms with van der Waals surface area (Å²) in [5, 5.41) is 11.2. The molecule has 7 heteroatoms. The number of carbonyl (C=O) groups is 3. The van der Waals surface area contributed by atoms with Crippen LogP contribution in [0.2, 0.25) is 0 Å². The average Bonchev–Trinajstić information content (AvgIpc) is 2.41.